The maximum atomic E-state index is 13.0. The van der Waals surface area contributed by atoms with Crippen LogP contribution in [0.1, 0.15) is 11.4 Å². The summed E-state index contributed by atoms with van der Waals surface area (Å²) in [4.78, 5) is 29.3. The summed E-state index contributed by atoms with van der Waals surface area (Å²) in [7, 11) is 0. The normalized spacial score (nSPS) is 11.2. The van der Waals surface area contributed by atoms with Crippen molar-refractivity contribution >= 4 is 56.2 Å². The molecule has 10 heteroatoms. The predicted molar refractivity (Wildman–Crippen MR) is 133 cm³/mol. The molecule has 4 aromatic rings. The van der Waals surface area contributed by atoms with Crippen LogP contribution >= 0.6 is 27.5 Å². The molecule has 3 aromatic carbocycles. The second-order valence-electron chi connectivity index (χ2n) is 7.22. The van der Waals surface area contributed by atoms with E-state index in [0.29, 0.717) is 33.7 Å². The number of anilines is 1. The van der Waals surface area contributed by atoms with Crippen LogP contribution < -0.4 is 15.6 Å². The minimum atomic E-state index is -0.418. The average Bonchev–Trinajstić information content (AvgIpc) is 2.80. The minimum Gasteiger partial charge on any atom is -0.482 e. The van der Waals surface area contributed by atoms with Crippen LogP contribution in [0.5, 0.6) is 5.75 Å². The predicted octanol–water partition coefficient (Wildman–Crippen LogP) is 5.16. The highest BCUT2D eigenvalue weighted by Crippen LogP contribution is 2.25. The molecule has 172 valence electrons. The molecular weight excluding hydrogens is 527 g/mol. The van der Waals surface area contributed by atoms with Crippen LogP contribution in [0.3, 0.4) is 0 Å². The zero-order valence-electron chi connectivity index (χ0n) is 17.8. The summed E-state index contributed by atoms with van der Waals surface area (Å²) < 4.78 is 20.4. The Morgan fingerprint density at radius 3 is 2.71 bits per heavy atom. The topological polar surface area (TPSA) is 85.6 Å². The van der Waals surface area contributed by atoms with Crippen LogP contribution in [0.4, 0.5) is 10.1 Å². The fourth-order valence-corrected chi connectivity index (χ4v) is 3.71. The summed E-state index contributed by atoms with van der Waals surface area (Å²) in [5.41, 5.74) is 1.37. The lowest BCUT2D eigenvalue weighted by Gasteiger charge is -2.09. The minimum absolute atomic E-state index is 0.267. The molecule has 0 bridgehead atoms. The van der Waals surface area contributed by atoms with E-state index in [9.17, 15) is 14.0 Å². The van der Waals surface area contributed by atoms with Crippen molar-refractivity contribution in [3.05, 3.63) is 97.7 Å². The van der Waals surface area contributed by atoms with E-state index < -0.39 is 11.7 Å². The largest absolute Gasteiger partial charge is 0.482 e. The fraction of sp³-hybridized carbons (Fsp3) is 0.0833. The van der Waals surface area contributed by atoms with Gasteiger partial charge in [-0.2, -0.15) is 9.78 Å². The molecule has 0 spiro atoms. The monoisotopic (exact) mass is 542 g/mol. The zero-order chi connectivity index (χ0) is 24.2. The van der Waals surface area contributed by atoms with Gasteiger partial charge in [-0.1, -0.05) is 27.5 Å². The van der Waals surface area contributed by atoms with Crippen molar-refractivity contribution in [2.24, 2.45) is 5.10 Å². The molecule has 1 N–H and O–H groups in total. The van der Waals surface area contributed by atoms with Crippen molar-refractivity contribution < 1.29 is 13.9 Å². The van der Waals surface area contributed by atoms with Gasteiger partial charge in [0, 0.05) is 10.2 Å². The van der Waals surface area contributed by atoms with Crippen molar-refractivity contribution in [2.75, 3.05) is 11.9 Å². The maximum absolute atomic E-state index is 13.0. The molecule has 0 saturated heterocycles. The standard InChI is InChI=1S/C24H17BrClFN4O3/c1-14-29-21-8-3-16(25)11-19(21)24(33)31(14)28-12-15-2-9-22(20(26)10-15)34-13-23(32)30-18-6-4-17(27)5-7-18/h2-12H,13H2,1H3,(H,30,32). The summed E-state index contributed by atoms with van der Waals surface area (Å²) in [5, 5.41) is 7.57. The highest BCUT2D eigenvalue weighted by molar-refractivity contribution is 9.10. The van der Waals surface area contributed by atoms with Crippen molar-refractivity contribution in [1.82, 2.24) is 9.66 Å². The first-order valence-corrected chi connectivity index (χ1v) is 11.2. The molecule has 0 radical (unpaired) electrons. The van der Waals surface area contributed by atoms with Gasteiger partial charge in [0.15, 0.2) is 6.61 Å². The first-order chi connectivity index (χ1) is 16.3. The molecular formula is C24H17BrClFN4O3. The quantitative estimate of drug-likeness (QED) is 0.341. The Balaban J connectivity index is 1.45. The van der Waals surface area contributed by atoms with E-state index in [0.717, 1.165) is 4.47 Å². The molecule has 0 unspecified atom stereocenters. The third-order valence-electron chi connectivity index (χ3n) is 4.74. The summed E-state index contributed by atoms with van der Waals surface area (Å²) in [6.45, 7) is 1.42. The number of aromatic nitrogens is 2. The van der Waals surface area contributed by atoms with Crippen LogP contribution in [0.2, 0.25) is 5.02 Å². The van der Waals surface area contributed by atoms with Gasteiger partial charge in [0.05, 0.1) is 22.1 Å². The van der Waals surface area contributed by atoms with Gasteiger partial charge in [-0.15, -0.1) is 0 Å². The van der Waals surface area contributed by atoms with E-state index in [1.165, 1.54) is 35.2 Å². The molecule has 0 aliphatic carbocycles. The number of hydrogen-bond donors (Lipinski definition) is 1. The summed E-state index contributed by atoms with van der Waals surface area (Å²) in [5.74, 6) is -0.0683. The lowest BCUT2D eigenvalue weighted by molar-refractivity contribution is -0.118. The Labute approximate surface area is 207 Å². The van der Waals surface area contributed by atoms with E-state index in [1.807, 2.05) is 6.07 Å². The van der Waals surface area contributed by atoms with Crippen molar-refractivity contribution in [2.45, 2.75) is 6.92 Å². The lowest BCUT2D eigenvalue weighted by Crippen LogP contribution is -2.20. The van der Waals surface area contributed by atoms with Crippen LogP contribution in [0.25, 0.3) is 10.9 Å². The average molecular weight is 544 g/mol. The lowest BCUT2D eigenvalue weighted by atomic mass is 10.2. The number of halogens is 3. The smallest absolute Gasteiger partial charge is 0.282 e. The molecule has 1 heterocycles. The van der Waals surface area contributed by atoms with Crippen molar-refractivity contribution in [1.29, 1.82) is 0 Å². The van der Waals surface area contributed by atoms with Crippen LogP contribution in [0.15, 0.2) is 75.0 Å². The number of aryl methyl sites for hydroxylation is 1. The first-order valence-electron chi connectivity index (χ1n) is 10.0. The van der Waals surface area contributed by atoms with Crippen LogP contribution in [-0.2, 0) is 4.79 Å². The highest BCUT2D eigenvalue weighted by atomic mass is 79.9. The van der Waals surface area contributed by atoms with E-state index >= 15 is 0 Å². The third kappa shape index (κ3) is 5.49. The number of nitrogens with one attached hydrogen (secondary N) is 1. The van der Waals surface area contributed by atoms with Gasteiger partial charge in [0.1, 0.15) is 17.4 Å². The number of ether oxygens (including phenoxy) is 1. The van der Waals surface area contributed by atoms with Crippen LogP contribution in [-0.4, -0.2) is 28.4 Å². The number of rotatable bonds is 6. The Bertz CT molecular complexity index is 1470. The summed E-state index contributed by atoms with van der Waals surface area (Å²) in [6.07, 6.45) is 1.48. The zero-order valence-corrected chi connectivity index (χ0v) is 20.1. The van der Waals surface area contributed by atoms with Gasteiger partial charge in [-0.25, -0.2) is 9.37 Å². The van der Waals surface area contributed by atoms with E-state index in [2.05, 4.69) is 31.3 Å². The molecule has 34 heavy (non-hydrogen) atoms. The van der Waals surface area contributed by atoms with E-state index in [-0.39, 0.29) is 17.2 Å². The van der Waals surface area contributed by atoms with E-state index in [4.69, 9.17) is 16.3 Å². The number of nitrogens with zero attached hydrogens (tertiary/aromatic N) is 3. The first kappa shape index (κ1) is 23.6. The van der Waals surface area contributed by atoms with Gasteiger partial charge in [0.2, 0.25) is 0 Å². The number of amides is 1. The van der Waals surface area contributed by atoms with Crippen molar-refractivity contribution in [3.63, 3.8) is 0 Å². The molecule has 1 aromatic heterocycles. The molecule has 4 rings (SSSR count). The van der Waals surface area contributed by atoms with Crippen molar-refractivity contribution in [3.8, 4) is 5.75 Å². The van der Waals surface area contributed by atoms with Crippen LogP contribution in [0, 0.1) is 12.7 Å². The Hall–Kier alpha value is -3.56. The Kier molecular flexibility index (Phi) is 7.04. The van der Waals surface area contributed by atoms with E-state index in [1.54, 1.807) is 37.3 Å². The molecule has 0 atom stereocenters. The summed E-state index contributed by atoms with van der Waals surface area (Å²) in [6, 6.07) is 15.6. The summed E-state index contributed by atoms with van der Waals surface area (Å²) >= 11 is 9.65. The molecule has 0 fully saturated rings. The number of benzene rings is 3. The molecule has 0 aliphatic heterocycles. The second kappa shape index (κ2) is 10.1. The fourth-order valence-electron chi connectivity index (χ4n) is 3.11. The maximum Gasteiger partial charge on any atom is 0.282 e. The second-order valence-corrected chi connectivity index (χ2v) is 8.54. The van der Waals surface area contributed by atoms with Gasteiger partial charge >= 0.3 is 0 Å². The Morgan fingerprint density at radius 1 is 1.21 bits per heavy atom. The number of hydrogen-bond acceptors (Lipinski definition) is 5. The Morgan fingerprint density at radius 2 is 1.97 bits per heavy atom. The van der Waals surface area contributed by atoms with Gasteiger partial charge in [-0.05, 0) is 73.2 Å². The van der Waals surface area contributed by atoms with Gasteiger partial charge < -0.3 is 10.1 Å². The number of fused-ring (bicyclic) bond motifs is 1. The SMILES string of the molecule is Cc1nc2ccc(Br)cc2c(=O)n1N=Cc1ccc(OCC(=O)Nc2ccc(F)cc2)c(Cl)c1. The third-order valence-corrected chi connectivity index (χ3v) is 5.52. The number of carbonyl (C=O) groups is 1. The van der Waals surface area contributed by atoms with Gasteiger partial charge in [-0.3, -0.25) is 9.59 Å². The highest BCUT2D eigenvalue weighted by Gasteiger charge is 2.09. The molecule has 1 amide bonds. The van der Waals surface area contributed by atoms with Gasteiger partial charge in [0.25, 0.3) is 11.5 Å². The molecule has 7 nitrogen and oxygen atoms in total. The molecule has 0 saturated carbocycles. The number of carbonyl (C=O) groups excluding carboxylic acids is 1. The molecule has 0 aliphatic rings.